The Morgan fingerprint density at radius 1 is 1.35 bits per heavy atom. The number of amides is 1. The molecule has 0 radical (unpaired) electrons. The molecule has 1 aliphatic rings. The average Bonchev–Trinajstić information content (AvgIpc) is 2.53. The summed E-state index contributed by atoms with van der Waals surface area (Å²) in [4.78, 5) is 22.0. The molecule has 1 amide bonds. The molecular formula is C14H28N2O10. The smallest absolute Gasteiger partial charge is 0.364 e. The van der Waals surface area contributed by atoms with Gasteiger partial charge in [0.2, 0.25) is 5.91 Å². The minimum Gasteiger partial charge on any atom is -0.477 e. The van der Waals surface area contributed by atoms with E-state index in [9.17, 15) is 30.0 Å². The van der Waals surface area contributed by atoms with Crippen LogP contribution in [0.4, 0.5) is 0 Å². The lowest BCUT2D eigenvalue weighted by Gasteiger charge is -2.44. The monoisotopic (exact) mass is 384 g/mol. The Hall–Kier alpha value is -1.38. The second kappa shape index (κ2) is 11.4. The number of aliphatic hydroxyl groups excluding tert-OH is 5. The standard InChI is InChI=1S/C12H21NO9.C2H7NO/c1-5(15)13-10(18)9-7(17)3-12(21,11(19)20)22-8(9)2-6(16)4-14;3-1-2-4/h6-10,14,16-18,21H,2-4H2,1H3,(H,13,15)(H,19,20);4H,1-3H2/t6-,7-,8-,9-,10-,12-;/m0./s1. The van der Waals surface area contributed by atoms with Gasteiger partial charge >= 0.3 is 5.97 Å². The zero-order valence-electron chi connectivity index (χ0n) is 14.4. The zero-order valence-corrected chi connectivity index (χ0v) is 14.4. The zero-order chi connectivity index (χ0) is 20.5. The van der Waals surface area contributed by atoms with Crippen LogP contribution >= 0.6 is 0 Å². The van der Waals surface area contributed by atoms with Crippen molar-refractivity contribution in [3.8, 4) is 0 Å². The van der Waals surface area contributed by atoms with Gasteiger partial charge in [0.25, 0.3) is 5.79 Å². The number of aliphatic hydroxyl groups is 6. The van der Waals surface area contributed by atoms with Gasteiger partial charge in [0.15, 0.2) is 0 Å². The molecule has 0 unspecified atom stereocenters. The predicted molar refractivity (Wildman–Crippen MR) is 85.2 cm³/mol. The van der Waals surface area contributed by atoms with Gasteiger partial charge in [0, 0.05) is 26.3 Å². The molecule has 1 saturated heterocycles. The Kier molecular flexibility index (Phi) is 10.8. The molecule has 26 heavy (non-hydrogen) atoms. The second-order valence-electron chi connectivity index (χ2n) is 5.82. The molecule has 12 heteroatoms. The normalized spacial score (nSPS) is 30.5. The van der Waals surface area contributed by atoms with Crippen LogP contribution in [-0.4, -0.2) is 97.7 Å². The fraction of sp³-hybridized carbons (Fsp3) is 0.857. The lowest BCUT2D eigenvalue weighted by molar-refractivity contribution is -0.297. The average molecular weight is 384 g/mol. The van der Waals surface area contributed by atoms with Crippen molar-refractivity contribution < 1.29 is 50.1 Å². The molecule has 1 rings (SSSR count). The maximum atomic E-state index is 11.0. The van der Waals surface area contributed by atoms with Gasteiger partial charge in [0.1, 0.15) is 6.23 Å². The Balaban J connectivity index is 0.00000141. The van der Waals surface area contributed by atoms with Crippen molar-refractivity contribution in [2.24, 2.45) is 11.7 Å². The lowest BCUT2D eigenvalue weighted by atomic mass is 9.83. The molecular weight excluding hydrogens is 356 g/mol. The van der Waals surface area contributed by atoms with E-state index in [0.29, 0.717) is 6.54 Å². The molecule has 1 fully saturated rings. The number of carbonyl (C=O) groups is 2. The first-order valence-corrected chi connectivity index (χ1v) is 7.89. The van der Waals surface area contributed by atoms with Gasteiger partial charge < -0.3 is 51.5 Å². The maximum absolute atomic E-state index is 11.0. The van der Waals surface area contributed by atoms with Crippen molar-refractivity contribution in [1.29, 1.82) is 0 Å². The van der Waals surface area contributed by atoms with Crippen LogP contribution in [0.15, 0.2) is 0 Å². The van der Waals surface area contributed by atoms with Crippen LogP contribution < -0.4 is 11.1 Å². The highest BCUT2D eigenvalue weighted by Crippen LogP contribution is 2.35. The molecule has 0 spiro atoms. The summed E-state index contributed by atoms with van der Waals surface area (Å²) in [6.07, 6.45) is -6.82. The van der Waals surface area contributed by atoms with E-state index in [1.165, 1.54) is 0 Å². The van der Waals surface area contributed by atoms with Gasteiger partial charge in [-0.2, -0.15) is 0 Å². The maximum Gasteiger partial charge on any atom is 0.364 e. The minimum atomic E-state index is -2.69. The molecule has 12 nitrogen and oxygen atoms in total. The highest BCUT2D eigenvalue weighted by Gasteiger charge is 2.53. The highest BCUT2D eigenvalue weighted by atomic mass is 16.7. The number of nitrogens with two attached hydrogens (primary N) is 1. The van der Waals surface area contributed by atoms with Crippen molar-refractivity contribution in [3.05, 3.63) is 0 Å². The summed E-state index contributed by atoms with van der Waals surface area (Å²) in [5.74, 6) is -6.21. The fourth-order valence-corrected chi connectivity index (χ4v) is 2.45. The number of carboxylic acids is 1. The molecule has 0 aromatic rings. The molecule has 0 aromatic heterocycles. The Labute approximate surface area is 149 Å². The van der Waals surface area contributed by atoms with Crippen molar-refractivity contribution in [3.63, 3.8) is 0 Å². The number of hydrogen-bond acceptors (Lipinski definition) is 10. The van der Waals surface area contributed by atoms with Crippen molar-refractivity contribution >= 4 is 11.9 Å². The largest absolute Gasteiger partial charge is 0.477 e. The quantitative estimate of drug-likeness (QED) is 0.191. The summed E-state index contributed by atoms with van der Waals surface area (Å²) in [7, 11) is 0. The Bertz CT molecular complexity index is 449. The molecule has 154 valence electrons. The number of rotatable bonds is 7. The first kappa shape index (κ1) is 24.6. The van der Waals surface area contributed by atoms with Crippen molar-refractivity contribution in [2.45, 2.75) is 50.1 Å². The first-order chi connectivity index (χ1) is 12.0. The van der Waals surface area contributed by atoms with Gasteiger partial charge in [0.05, 0.1) is 37.4 Å². The fourth-order valence-electron chi connectivity index (χ4n) is 2.45. The third-order valence-electron chi connectivity index (χ3n) is 3.60. The predicted octanol–water partition coefficient (Wildman–Crippen LogP) is -4.34. The van der Waals surface area contributed by atoms with Crippen molar-refractivity contribution in [2.75, 3.05) is 19.8 Å². The third-order valence-corrected chi connectivity index (χ3v) is 3.60. The van der Waals surface area contributed by atoms with Crippen LogP contribution in [0.25, 0.3) is 0 Å². The van der Waals surface area contributed by atoms with E-state index < -0.39 is 61.1 Å². The van der Waals surface area contributed by atoms with Crippen LogP contribution in [0.1, 0.15) is 19.8 Å². The molecule has 0 aliphatic carbocycles. The Morgan fingerprint density at radius 3 is 2.27 bits per heavy atom. The van der Waals surface area contributed by atoms with Gasteiger partial charge in [-0.3, -0.25) is 4.79 Å². The van der Waals surface area contributed by atoms with Gasteiger partial charge in [-0.1, -0.05) is 0 Å². The van der Waals surface area contributed by atoms with Gasteiger partial charge in [-0.05, 0) is 0 Å². The van der Waals surface area contributed by atoms with Crippen LogP contribution in [0.3, 0.4) is 0 Å². The summed E-state index contributed by atoms with van der Waals surface area (Å²) in [5.41, 5.74) is 4.78. The highest BCUT2D eigenvalue weighted by molar-refractivity contribution is 5.75. The summed E-state index contributed by atoms with van der Waals surface area (Å²) >= 11 is 0. The van der Waals surface area contributed by atoms with E-state index in [2.05, 4.69) is 5.32 Å². The number of aliphatic carboxylic acids is 1. The van der Waals surface area contributed by atoms with Gasteiger partial charge in [-0.25, -0.2) is 4.79 Å². The van der Waals surface area contributed by atoms with Crippen LogP contribution in [0.2, 0.25) is 0 Å². The molecule has 10 N–H and O–H groups in total. The topological polar surface area (TPSA) is 223 Å². The van der Waals surface area contributed by atoms with E-state index in [-0.39, 0.29) is 13.0 Å². The number of hydrogen-bond donors (Lipinski definition) is 9. The molecule has 0 saturated carbocycles. The molecule has 0 bridgehead atoms. The van der Waals surface area contributed by atoms with E-state index in [4.69, 9.17) is 25.8 Å². The van der Waals surface area contributed by atoms with E-state index >= 15 is 0 Å². The summed E-state index contributed by atoms with van der Waals surface area (Å²) < 4.78 is 5.01. The third kappa shape index (κ3) is 7.47. The molecule has 6 atom stereocenters. The number of ether oxygens (including phenoxy) is 1. The summed E-state index contributed by atoms with van der Waals surface area (Å²) in [6, 6.07) is 0. The van der Waals surface area contributed by atoms with E-state index in [0.717, 1.165) is 6.92 Å². The number of nitrogens with one attached hydrogen (secondary N) is 1. The molecule has 1 aliphatic heterocycles. The SMILES string of the molecule is CC(=O)N[C@@H](O)[C@@H]1[C@H](C[C@H](O)CO)O[C@](O)(C(=O)O)C[C@@H]1O.NCCO. The molecule has 1 heterocycles. The molecule has 0 aromatic carbocycles. The first-order valence-electron chi connectivity index (χ1n) is 7.89. The number of carbonyl (C=O) groups excluding carboxylic acids is 1. The van der Waals surface area contributed by atoms with Crippen LogP contribution in [0, 0.1) is 5.92 Å². The summed E-state index contributed by atoms with van der Waals surface area (Å²) in [6.45, 7) is 0.939. The minimum absolute atomic E-state index is 0.0972. The van der Waals surface area contributed by atoms with Crippen molar-refractivity contribution in [1.82, 2.24) is 5.32 Å². The second-order valence-corrected chi connectivity index (χ2v) is 5.82. The van der Waals surface area contributed by atoms with Crippen LogP contribution in [-0.2, 0) is 14.3 Å². The van der Waals surface area contributed by atoms with E-state index in [1.807, 2.05) is 0 Å². The number of carboxylic acid groups (broad SMARTS) is 1. The lowest BCUT2D eigenvalue weighted by Crippen LogP contribution is -2.61. The van der Waals surface area contributed by atoms with Crippen LogP contribution in [0.5, 0.6) is 0 Å². The Morgan fingerprint density at radius 2 is 1.88 bits per heavy atom. The summed E-state index contributed by atoms with van der Waals surface area (Å²) in [5, 5.41) is 67.0. The van der Waals surface area contributed by atoms with Gasteiger partial charge in [-0.15, -0.1) is 0 Å². The van der Waals surface area contributed by atoms with E-state index in [1.54, 1.807) is 0 Å².